The molecule has 1 rings (SSSR count). The second-order valence-corrected chi connectivity index (χ2v) is 3.76. The Morgan fingerprint density at radius 1 is 1.31 bits per heavy atom. The molecular weight excluding hydrogens is 166 g/mol. The van der Waals surface area contributed by atoms with Crippen molar-refractivity contribution in [3.63, 3.8) is 0 Å². The highest BCUT2D eigenvalue weighted by Crippen LogP contribution is 2.25. The van der Waals surface area contributed by atoms with Crippen molar-refractivity contribution in [3.05, 3.63) is 0 Å². The zero-order valence-corrected chi connectivity index (χ0v) is 8.01. The number of carbonyl (C=O) groups excluding carboxylic acids is 1. The van der Waals surface area contributed by atoms with E-state index in [9.17, 15) is 4.79 Å². The molecule has 0 saturated heterocycles. The SMILES string of the molecule is NCCNC(=O)C1(N)CCCCC1. The maximum atomic E-state index is 11.6. The lowest BCUT2D eigenvalue weighted by Crippen LogP contribution is -2.55. The Balaban J connectivity index is 2.42. The number of hydrogen-bond acceptors (Lipinski definition) is 3. The lowest BCUT2D eigenvalue weighted by atomic mass is 9.82. The maximum Gasteiger partial charge on any atom is 0.240 e. The first-order valence-electron chi connectivity index (χ1n) is 4.96. The number of carbonyl (C=O) groups is 1. The van der Waals surface area contributed by atoms with E-state index in [4.69, 9.17) is 11.5 Å². The van der Waals surface area contributed by atoms with Gasteiger partial charge in [0.1, 0.15) is 0 Å². The highest BCUT2D eigenvalue weighted by atomic mass is 16.2. The molecule has 4 nitrogen and oxygen atoms in total. The molecule has 0 unspecified atom stereocenters. The summed E-state index contributed by atoms with van der Waals surface area (Å²) in [5.74, 6) is -0.0300. The van der Waals surface area contributed by atoms with Crippen molar-refractivity contribution in [2.24, 2.45) is 11.5 Å². The molecule has 0 aromatic rings. The second kappa shape index (κ2) is 4.58. The van der Waals surface area contributed by atoms with Crippen LogP contribution in [0.3, 0.4) is 0 Å². The highest BCUT2D eigenvalue weighted by Gasteiger charge is 2.34. The Morgan fingerprint density at radius 3 is 2.46 bits per heavy atom. The van der Waals surface area contributed by atoms with E-state index in [2.05, 4.69) is 5.32 Å². The van der Waals surface area contributed by atoms with Crippen molar-refractivity contribution in [3.8, 4) is 0 Å². The first-order chi connectivity index (χ1) is 6.19. The number of nitrogens with one attached hydrogen (secondary N) is 1. The van der Waals surface area contributed by atoms with Gasteiger partial charge in [0.15, 0.2) is 0 Å². The molecule has 13 heavy (non-hydrogen) atoms. The van der Waals surface area contributed by atoms with Gasteiger partial charge in [0.2, 0.25) is 5.91 Å². The molecule has 1 saturated carbocycles. The molecule has 0 bridgehead atoms. The van der Waals surface area contributed by atoms with E-state index in [0.29, 0.717) is 13.1 Å². The molecule has 0 radical (unpaired) electrons. The van der Waals surface area contributed by atoms with Crippen molar-refractivity contribution < 1.29 is 4.79 Å². The fraction of sp³-hybridized carbons (Fsp3) is 0.889. The van der Waals surface area contributed by atoms with E-state index in [-0.39, 0.29) is 5.91 Å². The highest BCUT2D eigenvalue weighted by molar-refractivity contribution is 5.86. The summed E-state index contributed by atoms with van der Waals surface area (Å²) >= 11 is 0. The number of nitrogens with two attached hydrogens (primary N) is 2. The molecule has 1 fully saturated rings. The van der Waals surface area contributed by atoms with Crippen molar-refractivity contribution in [1.82, 2.24) is 5.32 Å². The average molecular weight is 185 g/mol. The van der Waals surface area contributed by atoms with Crippen molar-refractivity contribution in [2.75, 3.05) is 13.1 Å². The number of amides is 1. The molecule has 0 aromatic heterocycles. The summed E-state index contributed by atoms with van der Waals surface area (Å²) in [6, 6.07) is 0. The normalized spacial score (nSPS) is 21.1. The Kier molecular flexibility index (Phi) is 3.69. The van der Waals surface area contributed by atoms with E-state index < -0.39 is 5.54 Å². The van der Waals surface area contributed by atoms with Crippen molar-refractivity contribution >= 4 is 5.91 Å². The average Bonchev–Trinajstić information content (AvgIpc) is 2.15. The first-order valence-corrected chi connectivity index (χ1v) is 4.96. The Bertz CT molecular complexity index is 176. The van der Waals surface area contributed by atoms with Gasteiger partial charge < -0.3 is 16.8 Å². The fourth-order valence-electron chi connectivity index (χ4n) is 1.77. The van der Waals surface area contributed by atoms with Crippen LogP contribution in [-0.4, -0.2) is 24.5 Å². The van der Waals surface area contributed by atoms with Crippen LogP contribution in [0.4, 0.5) is 0 Å². The van der Waals surface area contributed by atoms with Gasteiger partial charge in [-0.15, -0.1) is 0 Å². The van der Waals surface area contributed by atoms with Crippen molar-refractivity contribution in [2.45, 2.75) is 37.6 Å². The molecule has 0 aliphatic heterocycles. The largest absolute Gasteiger partial charge is 0.353 e. The van der Waals surface area contributed by atoms with Crippen LogP contribution >= 0.6 is 0 Å². The smallest absolute Gasteiger partial charge is 0.240 e. The molecule has 0 spiro atoms. The predicted molar refractivity (Wildman–Crippen MR) is 52.1 cm³/mol. The molecule has 0 heterocycles. The topological polar surface area (TPSA) is 81.1 Å². The first kappa shape index (κ1) is 10.5. The Hall–Kier alpha value is -0.610. The van der Waals surface area contributed by atoms with Gasteiger partial charge in [0, 0.05) is 13.1 Å². The minimum absolute atomic E-state index is 0.0300. The summed E-state index contributed by atoms with van der Waals surface area (Å²) in [6.45, 7) is 1.000. The van der Waals surface area contributed by atoms with Gasteiger partial charge >= 0.3 is 0 Å². The van der Waals surface area contributed by atoms with Gasteiger partial charge in [0.25, 0.3) is 0 Å². The quantitative estimate of drug-likeness (QED) is 0.566. The monoisotopic (exact) mass is 185 g/mol. The van der Waals surface area contributed by atoms with E-state index in [0.717, 1.165) is 25.7 Å². The summed E-state index contributed by atoms with van der Waals surface area (Å²) in [5.41, 5.74) is 10.7. The predicted octanol–water partition coefficient (Wildman–Crippen LogP) is -0.277. The van der Waals surface area contributed by atoms with Crippen LogP contribution in [-0.2, 0) is 4.79 Å². The fourth-order valence-corrected chi connectivity index (χ4v) is 1.77. The molecule has 0 aromatic carbocycles. The Morgan fingerprint density at radius 2 is 1.92 bits per heavy atom. The Labute approximate surface area is 79.0 Å². The van der Waals surface area contributed by atoms with Gasteiger partial charge in [-0.3, -0.25) is 4.79 Å². The molecule has 1 amide bonds. The lowest BCUT2D eigenvalue weighted by Gasteiger charge is -2.31. The summed E-state index contributed by atoms with van der Waals surface area (Å²) in [7, 11) is 0. The number of hydrogen-bond donors (Lipinski definition) is 3. The van der Waals surface area contributed by atoms with E-state index in [1.807, 2.05) is 0 Å². The molecule has 1 aliphatic carbocycles. The van der Waals surface area contributed by atoms with Crippen molar-refractivity contribution in [1.29, 1.82) is 0 Å². The van der Waals surface area contributed by atoms with Gasteiger partial charge in [-0.1, -0.05) is 19.3 Å². The molecule has 0 atom stereocenters. The second-order valence-electron chi connectivity index (χ2n) is 3.76. The van der Waals surface area contributed by atoms with Gasteiger partial charge in [-0.05, 0) is 12.8 Å². The zero-order valence-electron chi connectivity index (χ0n) is 8.01. The van der Waals surface area contributed by atoms with Gasteiger partial charge in [-0.2, -0.15) is 0 Å². The van der Waals surface area contributed by atoms with Gasteiger partial charge in [0.05, 0.1) is 5.54 Å². The van der Waals surface area contributed by atoms with E-state index in [1.165, 1.54) is 6.42 Å². The molecular formula is C9H19N3O. The van der Waals surface area contributed by atoms with Crippen LogP contribution in [0.5, 0.6) is 0 Å². The van der Waals surface area contributed by atoms with E-state index >= 15 is 0 Å². The molecule has 5 N–H and O–H groups in total. The third kappa shape index (κ3) is 2.67. The summed E-state index contributed by atoms with van der Waals surface area (Å²) in [6.07, 6.45) is 4.94. The van der Waals surface area contributed by atoms with Crippen LogP contribution < -0.4 is 16.8 Å². The van der Waals surface area contributed by atoms with Crippen LogP contribution in [0.1, 0.15) is 32.1 Å². The molecule has 4 heteroatoms. The van der Waals surface area contributed by atoms with Crippen LogP contribution in [0.25, 0.3) is 0 Å². The summed E-state index contributed by atoms with van der Waals surface area (Å²) in [4.78, 5) is 11.6. The standard InChI is InChI=1S/C9H19N3O/c10-6-7-12-8(13)9(11)4-2-1-3-5-9/h1-7,10-11H2,(H,12,13). The summed E-state index contributed by atoms with van der Waals surface area (Å²) in [5, 5.41) is 2.75. The van der Waals surface area contributed by atoms with Gasteiger partial charge in [-0.25, -0.2) is 0 Å². The minimum Gasteiger partial charge on any atom is -0.353 e. The van der Waals surface area contributed by atoms with Crippen LogP contribution in [0.2, 0.25) is 0 Å². The lowest BCUT2D eigenvalue weighted by molar-refractivity contribution is -0.127. The third-order valence-electron chi connectivity index (χ3n) is 2.63. The summed E-state index contributed by atoms with van der Waals surface area (Å²) < 4.78 is 0. The van der Waals surface area contributed by atoms with Crippen LogP contribution in [0, 0.1) is 0 Å². The van der Waals surface area contributed by atoms with Crippen LogP contribution in [0.15, 0.2) is 0 Å². The van der Waals surface area contributed by atoms with E-state index in [1.54, 1.807) is 0 Å². The number of rotatable bonds is 3. The molecule has 1 aliphatic rings. The molecule has 76 valence electrons. The zero-order chi connectivity index (χ0) is 9.73. The minimum atomic E-state index is -0.618. The maximum absolute atomic E-state index is 11.6. The third-order valence-corrected chi connectivity index (χ3v) is 2.63.